The van der Waals surface area contributed by atoms with E-state index >= 15 is 0 Å². The Hall–Kier alpha value is -6.98. The van der Waals surface area contributed by atoms with Gasteiger partial charge in [0.05, 0.1) is 16.6 Å². The second-order valence-corrected chi connectivity index (χ2v) is 17.2. The zero-order chi connectivity index (χ0) is 41.5. The summed E-state index contributed by atoms with van der Waals surface area (Å²) in [6.45, 7) is 8.82. The predicted octanol–water partition coefficient (Wildman–Crippen LogP) is 15.5. The van der Waals surface area contributed by atoms with Crippen molar-refractivity contribution in [1.29, 1.82) is 0 Å². The quantitative estimate of drug-likeness (QED) is 0.152. The average molecular weight is 798 g/mol. The molecular weight excluding hydrogens is 753 g/mol. The highest BCUT2D eigenvalue weighted by molar-refractivity contribution is 6.10. The predicted molar refractivity (Wildman–Crippen MR) is 253 cm³/mol. The van der Waals surface area contributed by atoms with Gasteiger partial charge in [-0.25, -0.2) is 8.78 Å². The molecule has 3 nitrogen and oxygen atoms in total. The molecule has 61 heavy (non-hydrogen) atoms. The van der Waals surface area contributed by atoms with E-state index in [0.717, 1.165) is 57.7 Å². The fourth-order valence-corrected chi connectivity index (χ4v) is 9.61. The molecule has 11 rings (SSSR count). The third-order valence-corrected chi connectivity index (χ3v) is 12.8. The van der Waals surface area contributed by atoms with E-state index < -0.39 is 0 Å². The number of hydrogen-bond acceptors (Lipinski definition) is 2. The molecule has 0 unspecified atom stereocenters. The van der Waals surface area contributed by atoms with Gasteiger partial charge in [-0.15, -0.1) is 0 Å². The van der Waals surface area contributed by atoms with Crippen molar-refractivity contribution in [2.75, 3.05) is 9.80 Å². The maximum absolute atomic E-state index is 14.2. The lowest BCUT2D eigenvalue weighted by molar-refractivity contribution is 0.627. The molecule has 5 heteroatoms. The first-order chi connectivity index (χ1) is 29.7. The van der Waals surface area contributed by atoms with Crippen molar-refractivity contribution in [2.24, 2.45) is 0 Å². The highest BCUT2D eigenvalue weighted by atomic mass is 19.1. The van der Waals surface area contributed by atoms with Crippen molar-refractivity contribution < 1.29 is 8.78 Å². The zero-order valence-corrected chi connectivity index (χ0v) is 34.8. The van der Waals surface area contributed by atoms with Gasteiger partial charge in [0.2, 0.25) is 0 Å². The number of aromatic nitrogens is 1. The Kier molecular flexibility index (Phi) is 8.71. The molecule has 0 radical (unpaired) electrons. The molecule has 8 aromatic carbocycles. The summed E-state index contributed by atoms with van der Waals surface area (Å²) in [5, 5.41) is 8.52. The summed E-state index contributed by atoms with van der Waals surface area (Å²) in [6.07, 6.45) is 4.42. The summed E-state index contributed by atoms with van der Waals surface area (Å²) in [5.41, 5.74) is 13.5. The van der Waals surface area contributed by atoms with Gasteiger partial charge in [-0.3, -0.25) is 0 Å². The normalized spacial score (nSPS) is 12.7. The van der Waals surface area contributed by atoms with Gasteiger partial charge in [-0.2, -0.15) is 0 Å². The number of aryl methyl sites for hydroxylation is 1. The molecule has 0 atom stereocenters. The third kappa shape index (κ3) is 6.21. The summed E-state index contributed by atoms with van der Waals surface area (Å²) in [4.78, 5) is 4.42. The lowest BCUT2D eigenvalue weighted by Gasteiger charge is -2.26. The molecule has 0 saturated carbocycles. The maximum atomic E-state index is 14.2. The van der Waals surface area contributed by atoms with Gasteiger partial charge < -0.3 is 14.2 Å². The van der Waals surface area contributed by atoms with Crippen molar-refractivity contribution in [2.45, 2.75) is 52.4 Å². The molecule has 1 aliphatic rings. The van der Waals surface area contributed by atoms with E-state index in [1.54, 1.807) is 0 Å². The van der Waals surface area contributed by atoms with Gasteiger partial charge in [0.1, 0.15) is 11.6 Å². The van der Waals surface area contributed by atoms with Crippen molar-refractivity contribution in [3.63, 3.8) is 0 Å². The minimum absolute atomic E-state index is 0.255. The van der Waals surface area contributed by atoms with Gasteiger partial charge in [-0.1, -0.05) is 70.2 Å². The molecule has 0 aliphatic heterocycles. The second kappa shape index (κ2) is 14.3. The molecular formula is C56H45F2N3. The number of halogens is 2. The Morgan fingerprint density at radius 2 is 0.852 bits per heavy atom. The van der Waals surface area contributed by atoms with Crippen LogP contribution in [-0.4, -0.2) is 4.40 Å². The van der Waals surface area contributed by atoms with E-state index in [0.29, 0.717) is 11.8 Å². The number of anilines is 6. The number of nitrogens with zero attached hydrogens (tertiary/aromatic N) is 3. The molecule has 2 heterocycles. The highest BCUT2D eigenvalue weighted by Crippen LogP contribution is 2.42. The van der Waals surface area contributed by atoms with E-state index in [-0.39, 0.29) is 11.6 Å². The molecule has 0 bridgehead atoms. The summed E-state index contributed by atoms with van der Waals surface area (Å²) in [7, 11) is 0. The zero-order valence-electron chi connectivity index (χ0n) is 34.8. The minimum Gasteiger partial charge on any atom is -0.310 e. The maximum Gasteiger partial charge on any atom is 0.123 e. The van der Waals surface area contributed by atoms with Crippen LogP contribution in [-0.2, 0) is 6.42 Å². The summed E-state index contributed by atoms with van der Waals surface area (Å²) >= 11 is 0. The fraction of sp³-hybridized carbons (Fsp3) is 0.143. The molecule has 0 fully saturated rings. The van der Waals surface area contributed by atoms with Crippen LogP contribution >= 0.6 is 0 Å². The van der Waals surface area contributed by atoms with Gasteiger partial charge in [0, 0.05) is 50.1 Å². The van der Waals surface area contributed by atoms with Gasteiger partial charge in [-0.05, 0) is 184 Å². The number of rotatable bonds is 8. The van der Waals surface area contributed by atoms with E-state index in [9.17, 15) is 8.78 Å². The smallest absolute Gasteiger partial charge is 0.123 e. The summed E-state index contributed by atoms with van der Waals surface area (Å²) in [6, 6.07) is 53.7. The molecule has 298 valence electrons. The van der Waals surface area contributed by atoms with Crippen LogP contribution < -0.4 is 15.0 Å². The van der Waals surface area contributed by atoms with Crippen molar-refractivity contribution in [3.8, 4) is 0 Å². The van der Waals surface area contributed by atoms with Crippen LogP contribution in [0.4, 0.5) is 42.9 Å². The van der Waals surface area contributed by atoms with Crippen LogP contribution in [0.15, 0.2) is 158 Å². The van der Waals surface area contributed by atoms with Gasteiger partial charge in [0.15, 0.2) is 0 Å². The number of benzene rings is 8. The average Bonchev–Trinajstić information content (AvgIpc) is 3.77. The molecule has 0 amide bonds. The molecule has 1 aliphatic carbocycles. The van der Waals surface area contributed by atoms with Crippen LogP contribution in [0.5, 0.6) is 0 Å². The third-order valence-electron chi connectivity index (χ3n) is 12.8. The summed E-state index contributed by atoms with van der Waals surface area (Å²) in [5.74, 6) is 0.332. The highest BCUT2D eigenvalue weighted by Gasteiger charge is 2.23. The molecule has 0 N–H and O–H groups in total. The van der Waals surface area contributed by atoms with Crippen molar-refractivity contribution in [3.05, 3.63) is 191 Å². The summed E-state index contributed by atoms with van der Waals surface area (Å²) < 4.78 is 30.9. The molecule has 0 spiro atoms. The van der Waals surface area contributed by atoms with Crippen molar-refractivity contribution >= 4 is 89.1 Å². The topological polar surface area (TPSA) is 10.9 Å². The van der Waals surface area contributed by atoms with Crippen LogP contribution in [0.3, 0.4) is 0 Å². The lowest BCUT2D eigenvalue weighted by Crippen LogP contribution is -2.10. The van der Waals surface area contributed by atoms with Crippen LogP contribution in [0.25, 0.3) is 54.9 Å². The SMILES string of the molecule is CC(C)c1ccc(N(c2ccc(F)cc2)c2ccc3cc4c5c6c(c7cc8ccc(N(c9ccc(F)cc9)c9ccc(C(C)C)cc9)cc8cc7n6c4cc3c2)=CCC5)cc1. The Balaban J connectivity index is 1.09. The molecule has 0 saturated heterocycles. The van der Waals surface area contributed by atoms with E-state index in [4.69, 9.17) is 0 Å². The minimum atomic E-state index is -0.256. The number of fused-ring (bicyclic) bond motifs is 8. The Labute approximate surface area is 354 Å². The fourth-order valence-electron chi connectivity index (χ4n) is 9.61. The first kappa shape index (κ1) is 37.1. The molecule has 2 aromatic heterocycles. The van der Waals surface area contributed by atoms with Crippen LogP contribution in [0.2, 0.25) is 0 Å². The Morgan fingerprint density at radius 3 is 1.31 bits per heavy atom. The first-order valence-electron chi connectivity index (χ1n) is 21.4. The number of hydrogen-bond donors (Lipinski definition) is 0. The van der Waals surface area contributed by atoms with Gasteiger partial charge >= 0.3 is 0 Å². The molecule has 10 aromatic rings. The monoisotopic (exact) mass is 797 g/mol. The van der Waals surface area contributed by atoms with E-state index in [1.807, 2.05) is 24.3 Å². The van der Waals surface area contributed by atoms with Crippen molar-refractivity contribution in [1.82, 2.24) is 4.40 Å². The van der Waals surface area contributed by atoms with E-state index in [2.05, 4.69) is 157 Å². The Bertz CT molecular complexity index is 3360. The van der Waals surface area contributed by atoms with Gasteiger partial charge in [0.25, 0.3) is 0 Å². The Morgan fingerprint density at radius 1 is 0.443 bits per heavy atom. The van der Waals surface area contributed by atoms with Crippen LogP contribution in [0, 0.1) is 11.6 Å². The largest absolute Gasteiger partial charge is 0.310 e. The standard InChI is InChI=1S/C56H45F2N3/c1-34(2)36-8-18-44(19-9-36)59(46-24-14-42(57)15-25-46)48-22-12-38-30-52-50-6-5-7-51-53-31-39-13-23-49(29-41(39)33-55(53)61(56(50)51)54(52)32-40(38)28-48)60(47-26-16-43(58)17-27-47)45-20-10-37(11-21-45)35(3)4/h6,8-35H,5,7H2,1-4H3. The van der Waals surface area contributed by atoms with E-state index in [1.165, 1.54) is 84.3 Å². The van der Waals surface area contributed by atoms with Crippen LogP contribution in [0.1, 0.15) is 62.6 Å². The lowest BCUT2D eigenvalue weighted by atomic mass is 9.97. The first-order valence-corrected chi connectivity index (χ1v) is 21.4. The second-order valence-electron chi connectivity index (χ2n) is 17.2.